The molecular formula is C11H13ClN2OS. The van der Waals surface area contributed by atoms with Gasteiger partial charge in [-0.2, -0.15) is 0 Å². The van der Waals surface area contributed by atoms with Gasteiger partial charge in [-0.15, -0.1) is 11.3 Å². The van der Waals surface area contributed by atoms with Crippen LogP contribution in [0.15, 0.2) is 16.5 Å². The summed E-state index contributed by atoms with van der Waals surface area (Å²) in [6.07, 6.45) is 0. The standard InChI is InChI=1S/C11H13ClN2OS/c1-7-8(2)15-11(14-7)6-13-5-9-3-4-10(12)16-9/h3-4,13H,5-6H2,1-2H3. The highest BCUT2D eigenvalue weighted by Gasteiger charge is 2.05. The molecule has 86 valence electrons. The van der Waals surface area contributed by atoms with Crippen molar-refractivity contribution in [2.75, 3.05) is 0 Å². The zero-order valence-corrected chi connectivity index (χ0v) is 10.8. The summed E-state index contributed by atoms with van der Waals surface area (Å²) in [6.45, 7) is 5.30. The molecule has 0 aromatic carbocycles. The lowest BCUT2D eigenvalue weighted by atomic mass is 10.4. The van der Waals surface area contributed by atoms with Crippen LogP contribution < -0.4 is 5.32 Å². The molecule has 0 bridgehead atoms. The molecule has 2 rings (SSSR count). The van der Waals surface area contributed by atoms with Gasteiger partial charge < -0.3 is 9.73 Å². The number of oxazole rings is 1. The minimum absolute atomic E-state index is 0.643. The van der Waals surface area contributed by atoms with E-state index in [1.165, 1.54) is 4.88 Å². The van der Waals surface area contributed by atoms with Crippen molar-refractivity contribution in [1.29, 1.82) is 0 Å². The SMILES string of the molecule is Cc1nc(CNCc2ccc(Cl)s2)oc1C. The molecule has 5 heteroatoms. The molecule has 0 unspecified atom stereocenters. The summed E-state index contributed by atoms with van der Waals surface area (Å²) in [6, 6.07) is 3.93. The third kappa shape index (κ3) is 2.84. The maximum absolute atomic E-state index is 5.84. The molecule has 16 heavy (non-hydrogen) atoms. The molecule has 0 atom stereocenters. The van der Waals surface area contributed by atoms with Gasteiger partial charge in [0.15, 0.2) is 0 Å². The maximum atomic E-state index is 5.84. The Morgan fingerprint density at radius 1 is 1.38 bits per heavy atom. The van der Waals surface area contributed by atoms with Crippen molar-refractivity contribution in [2.24, 2.45) is 0 Å². The molecule has 2 heterocycles. The Morgan fingerprint density at radius 3 is 2.75 bits per heavy atom. The summed E-state index contributed by atoms with van der Waals surface area (Å²) >= 11 is 7.42. The van der Waals surface area contributed by atoms with Crippen LogP contribution in [0.4, 0.5) is 0 Å². The van der Waals surface area contributed by atoms with E-state index in [9.17, 15) is 0 Å². The van der Waals surface area contributed by atoms with Gasteiger partial charge in [0.2, 0.25) is 5.89 Å². The average molecular weight is 257 g/mol. The first-order valence-electron chi connectivity index (χ1n) is 5.03. The van der Waals surface area contributed by atoms with Gasteiger partial charge in [0.1, 0.15) is 5.76 Å². The normalized spacial score (nSPS) is 10.9. The smallest absolute Gasteiger partial charge is 0.208 e. The van der Waals surface area contributed by atoms with E-state index in [2.05, 4.69) is 10.3 Å². The monoisotopic (exact) mass is 256 g/mol. The maximum Gasteiger partial charge on any atom is 0.208 e. The number of thiophene rings is 1. The van der Waals surface area contributed by atoms with Crippen molar-refractivity contribution in [3.8, 4) is 0 Å². The Kier molecular flexibility index (Phi) is 3.63. The fourth-order valence-corrected chi connectivity index (χ4v) is 2.41. The number of nitrogens with one attached hydrogen (secondary N) is 1. The number of nitrogens with zero attached hydrogens (tertiary/aromatic N) is 1. The van der Waals surface area contributed by atoms with Crippen molar-refractivity contribution in [3.63, 3.8) is 0 Å². The van der Waals surface area contributed by atoms with Crippen molar-refractivity contribution >= 4 is 22.9 Å². The molecule has 2 aromatic heterocycles. The molecule has 0 saturated heterocycles. The molecule has 0 amide bonds. The molecule has 1 N–H and O–H groups in total. The minimum Gasteiger partial charge on any atom is -0.444 e. The molecule has 0 radical (unpaired) electrons. The molecule has 0 fully saturated rings. The van der Waals surface area contributed by atoms with Gasteiger partial charge in [-0.25, -0.2) is 4.98 Å². The molecule has 0 spiro atoms. The van der Waals surface area contributed by atoms with E-state index in [-0.39, 0.29) is 0 Å². The quantitative estimate of drug-likeness (QED) is 0.912. The van der Waals surface area contributed by atoms with E-state index in [0.29, 0.717) is 6.54 Å². The first kappa shape index (κ1) is 11.6. The van der Waals surface area contributed by atoms with Crippen LogP contribution in [0.1, 0.15) is 22.2 Å². The van der Waals surface area contributed by atoms with Crippen LogP contribution in [-0.4, -0.2) is 4.98 Å². The van der Waals surface area contributed by atoms with Crippen LogP contribution in [0, 0.1) is 13.8 Å². The summed E-state index contributed by atoms with van der Waals surface area (Å²) in [5, 5.41) is 3.27. The molecular weight excluding hydrogens is 244 g/mol. The lowest BCUT2D eigenvalue weighted by Gasteiger charge is -1.98. The summed E-state index contributed by atoms with van der Waals surface area (Å²) in [5.41, 5.74) is 0.955. The van der Waals surface area contributed by atoms with Gasteiger partial charge in [0.05, 0.1) is 16.6 Å². The minimum atomic E-state index is 0.643. The van der Waals surface area contributed by atoms with Crippen LogP contribution in [0.2, 0.25) is 4.34 Å². The van der Waals surface area contributed by atoms with Crippen LogP contribution in [0.25, 0.3) is 0 Å². The summed E-state index contributed by atoms with van der Waals surface area (Å²) in [5.74, 6) is 1.62. The highest BCUT2D eigenvalue weighted by molar-refractivity contribution is 7.16. The first-order valence-corrected chi connectivity index (χ1v) is 6.22. The Balaban J connectivity index is 1.84. The van der Waals surface area contributed by atoms with Gasteiger partial charge in [-0.1, -0.05) is 11.6 Å². The Morgan fingerprint density at radius 2 is 2.19 bits per heavy atom. The van der Waals surface area contributed by atoms with Gasteiger partial charge in [-0.05, 0) is 26.0 Å². The summed E-state index contributed by atoms with van der Waals surface area (Å²) in [7, 11) is 0. The lowest BCUT2D eigenvalue weighted by Crippen LogP contribution is -2.11. The predicted molar refractivity (Wildman–Crippen MR) is 65.8 cm³/mol. The Labute approximate surface area is 103 Å². The van der Waals surface area contributed by atoms with Gasteiger partial charge in [0, 0.05) is 11.4 Å². The van der Waals surface area contributed by atoms with Gasteiger partial charge in [-0.3, -0.25) is 0 Å². The van der Waals surface area contributed by atoms with Gasteiger partial charge >= 0.3 is 0 Å². The van der Waals surface area contributed by atoms with Crippen molar-refractivity contribution in [3.05, 3.63) is 38.7 Å². The van der Waals surface area contributed by atoms with E-state index in [4.69, 9.17) is 16.0 Å². The van der Waals surface area contributed by atoms with E-state index in [1.54, 1.807) is 11.3 Å². The van der Waals surface area contributed by atoms with Crippen molar-refractivity contribution < 1.29 is 4.42 Å². The molecule has 0 aliphatic heterocycles. The van der Waals surface area contributed by atoms with Crippen LogP contribution in [-0.2, 0) is 13.1 Å². The number of aryl methyl sites for hydroxylation is 2. The zero-order chi connectivity index (χ0) is 11.5. The highest BCUT2D eigenvalue weighted by atomic mass is 35.5. The molecule has 0 aliphatic carbocycles. The molecule has 2 aromatic rings. The second kappa shape index (κ2) is 4.99. The van der Waals surface area contributed by atoms with E-state index in [1.807, 2.05) is 26.0 Å². The second-order valence-electron chi connectivity index (χ2n) is 3.56. The Bertz CT molecular complexity index is 459. The summed E-state index contributed by atoms with van der Waals surface area (Å²) in [4.78, 5) is 5.51. The van der Waals surface area contributed by atoms with Crippen LogP contribution >= 0.6 is 22.9 Å². The largest absolute Gasteiger partial charge is 0.444 e. The number of halogens is 1. The van der Waals surface area contributed by atoms with Crippen molar-refractivity contribution in [1.82, 2.24) is 10.3 Å². The Hall–Kier alpha value is -0.840. The third-order valence-electron chi connectivity index (χ3n) is 2.28. The predicted octanol–water partition coefficient (Wildman–Crippen LogP) is 3.30. The molecule has 3 nitrogen and oxygen atoms in total. The van der Waals surface area contributed by atoms with E-state index in [0.717, 1.165) is 28.2 Å². The molecule has 0 aliphatic rings. The van der Waals surface area contributed by atoms with E-state index >= 15 is 0 Å². The number of aromatic nitrogens is 1. The summed E-state index contributed by atoms with van der Waals surface area (Å²) < 4.78 is 6.28. The molecule has 0 saturated carbocycles. The zero-order valence-electron chi connectivity index (χ0n) is 9.21. The van der Waals surface area contributed by atoms with Crippen molar-refractivity contribution in [2.45, 2.75) is 26.9 Å². The third-order valence-corrected chi connectivity index (χ3v) is 3.51. The average Bonchev–Trinajstić information content (AvgIpc) is 2.75. The second-order valence-corrected chi connectivity index (χ2v) is 5.36. The number of rotatable bonds is 4. The first-order chi connectivity index (χ1) is 7.65. The van der Waals surface area contributed by atoms with Crippen LogP contribution in [0.5, 0.6) is 0 Å². The fraction of sp³-hybridized carbons (Fsp3) is 0.364. The highest BCUT2D eigenvalue weighted by Crippen LogP contribution is 2.21. The lowest BCUT2D eigenvalue weighted by molar-refractivity contribution is 0.449. The van der Waals surface area contributed by atoms with E-state index < -0.39 is 0 Å². The van der Waals surface area contributed by atoms with Gasteiger partial charge in [0.25, 0.3) is 0 Å². The fourth-order valence-electron chi connectivity index (χ4n) is 1.35. The topological polar surface area (TPSA) is 38.1 Å². The van der Waals surface area contributed by atoms with Crippen LogP contribution in [0.3, 0.4) is 0 Å². The number of hydrogen-bond acceptors (Lipinski definition) is 4. The number of hydrogen-bond donors (Lipinski definition) is 1.